The van der Waals surface area contributed by atoms with Gasteiger partial charge in [-0.05, 0) is 24.1 Å². The predicted molar refractivity (Wildman–Crippen MR) is 64.5 cm³/mol. The molecule has 0 aliphatic heterocycles. The maximum atomic E-state index is 11.3. The maximum absolute atomic E-state index is 11.3. The fourth-order valence-corrected chi connectivity index (χ4v) is 2.09. The first-order valence-corrected chi connectivity index (χ1v) is 6.74. The van der Waals surface area contributed by atoms with Crippen molar-refractivity contribution in [3.63, 3.8) is 0 Å². The highest BCUT2D eigenvalue weighted by Crippen LogP contribution is 2.38. The monoisotopic (exact) mass is 270 g/mol. The summed E-state index contributed by atoms with van der Waals surface area (Å²) < 4.78 is 20.1. The summed E-state index contributed by atoms with van der Waals surface area (Å²) in [7, 11) is -4.62. The van der Waals surface area contributed by atoms with Gasteiger partial charge in [0, 0.05) is 17.5 Å². The van der Waals surface area contributed by atoms with Gasteiger partial charge in [-0.3, -0.25) is 9.79 Å². The van der Waals surface area contributed by atoms with E-state index in [1.165, 1.54) is 18.2 Å². The molecule has 96 valence electrons. The third kappa shape index (κ3) is 2.79. The van der Waals surface area contributed by atoms with Crippen molar-refractivity contribution in [1.82, 2.24) is 0 Å². The Bertz CT molecular complexity index is 683. The number of phosphoric ester groups is 1. The minimum absolute atomic E-state index is 0.0489. The molecule has 2 aromatic rings. The third-order valence-corrected chi connectivity index (χ3v) is 2.86. The lowest BCUT2D eigenvalue weighted by Crippen LogP contribution is -2.00. The van der Waals surface area contributed by atoms with Gasteiger partial charge in [0.05, 0.1) is 0 Å². The molecule has 1 aromatic carbocycles. The molecule has 0 spiro atoms. The lowest BCUT2D eigenvalue weighted by Gasteiger charge is -2.08. The lowest BCUT2D eigenvalue weighted by molar-refractivity contribution is 0.283. The van der Waals surface area contributed by atoms with Gasteiger partial charge in [0.2, 0.25) is 0 Å². The minimum Gasteiger partial charge on any atom is -0.423 e. The van der Waals surface area contributed by atoms with Crippen molar-refractivity contribution >= 4 is 18.8 Å². The van der Waals surface area contributed by atoms with Crippen LogP contribution in [0, 0.1) is 0 Å². The van der Waals surface area contributed by atoms with Crippen LogP contribution in [-0.4, -0.2) is 9.79 Å². The van der Waals surface area contributed by atoms with Crippen molar-refractivity contribution < 1.29 is 23.3 Å². The molecule has 0 radical (unpaired) electrons. The average molecular weight is 270 g/mol. The zero-order valence-corrected chi connectivity index (χ0v) is 10.4. The molecule has 0 atom stereocenters. The third-order valence-electron chi connectivity index (χ3n) is 2.41. The molecule has 0 aliphatic rings. The van der Waals surface area contributed by atoms with E-state index < -0.39 is 13.4 Å². The molecular weight excluding hydrogens is 259 g/mol. The number of rotatable bonds is 3. The highest BCUT2D eigenvalue weighted by Gasteiger charge is 2.16. The van der Waals surface area contributed by atoms with E-state index in [4.69, 9.17) is 14.2 Å². The molecule has 2 rings (SSSR count). The van der Waals surface area contributed by atoms with Crippen molar-refractivity contribution in [2.24, 2.45) is 0 Å². The fraction of sp³-hybridized carbons (Fsp3) is 0.182. The Morgan fingerprint density at radius 1 is 1.33 bits per heavy atom. The van der Waals surface area contributed by atoms with Crippen LogP contribution in [0.1, 0.15) is 12.5 Å². The maximum Gasteiger partial charge on any atom is 0.524 e. The first-order chi connectivity index (χ1) is 8.39. The summed E-state index contributed by atoms with van der Waals surface area (Å²) >= 11 is 0. The largest absolute Gasteiger partial charge is 0.524 e. The Labute approximate surface area is 102 Å². The summed E-state index contributed by atoms with van der Waals surface area (Å²) in [5, 5.41) is 0.718. The summed E-state index contributed by atoms with van der Waals surface area (Å²) in [5.74, 6) is -0.0489. The van der Waals surface area contributed by atoms with E-state index in [-0.39, 0.29) is 11.3 Å². The van der Waals surface area contributed by atoms with Crippen LogP contribution in [0.5, 0.6) is 5.75 Å². The Balaban J connectivity index is 2.58. The standard InChI is InChI=1S/C11H11O6P/c1-2-7-5-11(12)16-10-6-8(3-4-9(7)10)17-18(13,14)15/h3-6H,2H2,1H3,(H2,13,14,15). The van der Waals surface area contributed by atoms with Gasteiger partial charge in [-0.25, -0.2) is 9.36 Å². The second-order valence-electron chi connectivity index (χ2n) is 3.68. The molecule has 7 heteroatoms. The molecule has 1 heterocycles. The predicted octanol–water partition coefficient (Wildman–Crippen LogP) is 1.83. The van der Waals surface area contributed by atoms with Crippen LogP contribution in [0.15, 0.2) is 33.5 Å². The van der Waals surface area contributed by atoms with Gasteiger partial charge in [-0.1, -0.05) is 6.92 Å². The summed E-state index contributed by atoms with van der Waals surface area (Å²) in [4.78, 5) is 28.7. The van der Waals surface area contributed by atoms with E-state index >= 15 is 0 Å². The smallest absolute Gasteiger partial charge is 0.423 e. The molecular formula is C11H11O6P. The number of benzene rings is 1. The van der Waals surface area contributed by atoms with Gasteiger partial charge in [-0.2, -0.15) is 0 Å². The van der Waals surface area contributed by atoms with Crippen molar-refractivity contribution in [1.29, 1.82) is 0 Å². The highest BCUT2D eigenvalue weighted by atomic mass is 31.2. The molecule has 0 amide bonds. The van der Waals surface area contributed by atoms with Gasteiger partial charge in [0.25, 0.3) is 0 Å². The van der Waals surface area contributed by atoms with Crippen LogP contribution in [-0.2, 0) is 11.0 Å². The number of hydrogen-bond acceptors (Lipinski definition) is 4. The van der Waals surface area contributed by atoms with Gasteiger partial charge >= 0.3 is 13.4 Å². The van der Waals surface area contributed by atoms with E-state index in [2.05, 4.69) is 4.52 Å². The highest BCUT2D eigenvalue weighted by molar-refractivity contribution is 7.46. The topological polar surface area (TPSA) is 97.0 Å². The molecule has 6 nitrogen and oxygen atoms in total. The Hall–Kier alpha value is -1.62. The molecule has 0 aliphatic carbocycles. The molecule has 18 heavy (non-hydrogen) atoms. The van der Waals surface area contributed by atoms with E-state index in [0.29, 0.717) is 6.42 Å². The second kappa shape index (κ2) is 4.57. The lowest BCUT2D eigenvalue weighted by atomic mass is 10.1. The van der Waals surface area contributed by atoms with Crippen molar-refractivity contribution in [3.05, 3.63) is 40.2 Å². The van der Waals surface area contributed by atoms with Crippen LogP contribution in [0.4, 0.5) is 0 Å². The first-order valence-electron chi connectivity index (χ1n) is 5.21. The Morgan fingerprint density at radius 2 is 2.06 bits per heavy atom. The van der Waals surface area contributed by atoms with Gasteiger partial charge in [0.1, 0.15) is 11.3 Å². The van der Waals surface area contributed by atoms with Crippen LogP contribution >= 0.6 is 7.82 Å². The van der Waals surface area contributed by atoms with Gasteiger partial charge < -0.3 is 8.94 Å². The molecule has 2 N–H and O–H groups in total. The zero-order valence-electron chi connectivity index (χ0n) is 9.49. The summed E-state index contributed by atoms with van der Waals surface area (Å²) in [6, 6.07) is 5.70. The molecule has 1 aromatic heterocycles. The number of phosphoric acid groups is 1. The summed E-state index contributed by atoms with van der Waals surface area (Å²) in [6.07, 6.45) is 0.654. The number of hydrogen-bond donors (Lipinski definition) is 2. The molecule has 0 saturated carbocycles. The van der Waals surface area contributed by atoms with Crippen LogP contribution < -0.4 is 10.1 Å². The minimum atomic E-state index is -4.62. The molecule has 0 bridgehead atoms. The van der Waals surface area contributed by atoms with E-state index in [1.54, 1.807) is 6.07 Å². The number of aryl methyl sites for hydroxylation is 1. The molecule has 0 fully saturated rings. The van der Waals surface area contributed by atoms with Crippen LogP contribution in [0.2, 0.25) is 0 Å². The molecule has 0 saturated heterocycles. The second-order valence-corrected chi connectivity index (χ2v) is 4.85. The van der Waals surface area contributed by atoms with Crippen molar-refractivity contribution in [2.45, 2.75) is 13.3 Å². The Kier molecular flexibility index (Phi) is 3.26. The van der Waals surface area contributed by atoms with Gasteiger partial charge in [-0.15, -0.1) is 0 Å². The fourth-order valence-electron chi connectivity index (χ4n) is 1.70. The summed E-state index contributed by atoms with van der Waals surface area (Å²) in [6.45, 7) is 1.90. The van der Waals surface area contributed by atoms with E-state index in [0.717, 1.165) is 10.9 Å². The number of fused-ring (bicyclic) bond motifs is 1. The van der Waals surface area contributed by atoms with Crippen molar-refractivity contribution in [3.8, 4) is 5.75 Å². The normalized spacial score (nSPS) is 11.7. The molecule has 0 unspecified atom stereocenters. The van der Waals surface area contributed by atoms with E-state index in [9.17, 15) is 9.36 Å². The van der Waals surface area contributed by atoms with E-state index in [1.807, 2.05) is 6.92 Å². The first kappa shape index (κ1) is 12.8. The van der Waals surface area contributed by atoms with Crippen LogP contribution in [0.3, 0.4) is 0 Å². The van der Waals surface area contributed by atoms with Crippen molar-refractivity contribution in [2.75, 3.05) is 0 Å². The zero-order chi connectivity index (χ0) is 13.3. The quantitative estimate of drug-likeness (QED) is 0.652. The summed E-state index contributed by atoms with van der Waals surface area (Å²) in [5.41, 5.74) is 0.543. The van der Waals surface area contributed by atoms with Gasteiger partial charge in [0.15, 0.2) is 0 Å². The average Bonchev–Trinajstić information content (AvgIpc) is 2.25. The SMILES string of the molecule is CCc1cc(=O)oc2cc(OP(=O)(O)O)ccc12. The van der Waals surface area contributed by atoms with Crippen LogP contribution in [0.25, 0.3) is 11.0 Å². The Morgan fingerprint density at radius 3 is 2.67 bits per heavy atom.